The summed E-state index contributed by atoms with van der Waals surface area (Å²) in [6.07, 6.45) is 0. The topological polar surface area (TPSA) is 55.7 Å². The molecule has 0 heterocycles. The summed E-state index contributed by atoms with van der Waals surface area (Å²) in [4.78, 5) is 29.6. The third-order valence-corrected chi connectivity index (χ3v) is 3.13. The van der Waals surface area contributed by atoms with Gasteiger partial charge < -0.3 is 4.84 Å². The summed E-state index contributed by atoms with van der Waals surface area (Å²) in [6.45, 7) is 5.18. The van der Waals surface area contributed by atoms with Gasteiger partial charge in [-0.25, -0.2) is 4.79 Å². The van der Waals surface area contributed by atoms with E-state index in [9.17, 15) is 9.59 Å². The van der Waals surface area contributed by atoms with Crippen molar-refractivity contribution in [2.24, 2.45) is 10.6 Å². The van der Waals surface area contributed by atoms with Gasteiger partial charge >= 0.3 is 5.97 Å². The van der Waals surface area contributed by atoms with Crippen LogP contribution in [0.15, 0.2) is 65.8 Å². The molecule has 0 N–H and O–H groups in total. The van der Waals surface area contributed by atoms with Gasteiger partial charge in [0.15, 0.2) is 5.71 Å². The molecule has 118 valence electrons. The lowest BCUT2D eigenvalue weighted by molar-refractivity contribution is -0.152. The van der Waals surface area contributed by atoms with Gasteiger partial charge in [0, 0.05) is 11.1 Å². The number of oxime groups is 1. The van der Waals surface area contributed by atoms with Crippen molar-refractivity contribution in [1.29, 1.82) is 0 Å². The fraction of sp³-hybridized carbons (Fsp3) is 0.211. The Bertz CT molecular complexity index is 713. The van der Waals surface area contributed by atoms with Crippen molar-refractivity contribution in [3.05, 3.63) is 71.8 Å². The molecule has 0 fully saturated rings. The van der Waals surface area contributed by atoms with Crippen LogP contribution in [0, 0.1) is 5.41 Å². The normalized spacial score (nSPS) is 11.9. The van der Waals surface area contributed by atoms with Crippen molar-refractivity contribution in [1.82, 2.24) is 0 Å². The molecule has 0 saturated carbocycles. The minimum atomic E-state index is -0.693. The van der Waals surface area contributed by atoms with Crippen LogP contribution in [0.5, 0.6) is 0 Å². The average Bonchev–Trinajstić information content (AvgIpc) is 2.55. The number of hydrogen-bond donors (Lipinski definition) is 0. The van der Waals surface area contributed by atoms with Crippen molar-refractivity contribution in [3.8, 4) is 0 Å². The Morgan fingerprint density at radius 2 is 1.30 bits per heavy atom. The van der Waals surface area contributed by atoms with Gasteiger partial charge in [-0.1, -0.05) is 65.8 Å². The smallest absolute Gasteiger partial charge is 0.317 e. The Hall–Kier alpha value is -2.75. The van der Waals surface area contributed by atoms with E-state index >= 15 is 0 Å². The molecule has 0 saturated heterocycles. The highest BCUT2D eigenvalue weighted by molar-refractivity contribution is 6.51. The molecule has 4 heteroatoms. The number of rotatable bonds is 4. The zero-order valence-electron chi connectivity index (χ0n) is 13.4. The summed E-state index contributed by atoms with van der Waals surface area (Å²) in [5.41, 5.74) is 0.501. The van der Waals surface area contributed by atoms with Gasteiger partial charge in [-0.15, -0.1) is 0 Å². The number of hydrogen-bond acceptors (Lipinski definition) is 4. The van der Waals surface area contributed by atoms with Crippen LogP contribution in [-0.4, -0.2) is 17.5 Å². The first-order valence-corrected chi connectivity index (χ1v) is 7.34. The monoisotopic (exact) mass is 309 g/mol. The van der Waals surface area contributed by atoms with Crippen molar-refractivity contribution in [2.75, 3.05) is 0 Å². The predicted octanol–water partition coefficient (Wildman–Crippen LogP) is 3.86. The highest BCUT2D eigenvalue weighted by atomic mass is 16.7. The van der Waals surface area contributed by atoms with E-state index in [2.05, 4.69) is 5.16 Å². The molecule has 4 nitrogen and oxygen atoms in total. The van der Waals surface area contributed by atoms with E-state index in [4.69, 9.17) is 4.84 Å². The Labute approximate surface area is 135 Å². The Morgan fingerprint density at radius 1 is 0.826 bits per heavy atom. The molecule has 0 aromatic heterocycles. The zero-order valence-corrected chi connectivity index (χ0v) is 13.4. The van der Waals surface area contributed by atoms with Gasteiger partial charge in [0.2, 0.25) is 5.78 Å². The number of benzene rings is 2. The summed E-state index contributed by atoms with van der Waals surface area (Å²) in [6, 6.07) is 17.7. The van der Waals surface area contributed by atoms with Crippen molar-refractivity contribution in [3.63, 3.8) is 0 Å². The van der Waals surface area contributed by atoms with Crippen LogP contribution in [0.2, 0.25) is 0 Å². The molecule has 23 heavy (non-hydrogen) atoms. The highest BCUT2D eigenvalue weighted by Gasteiger charge is 2.25. The van der Waals surface area contributed by atoms with E-state index in [-0.39, 0.29) is 11.5 Å². The highest BCUT2D eigenvalue weighted by Crippen LogP contribution is 2.16. The molecule has 0 aliphatic carbocycles. The molecule has 0 amide bonds. The maximum atomic E-state index is 12.7. The SMILES string of the molecule is CC(C)(C)C(=O)O/N=C(/C(=O)c1ccccc1)c1ccccc1. The largest absolute Gasteiger partial charge is 0.340 e. The van der Waals surface area contributed by atoms with Crippen LogP contribution in [0.25, 0.3) is 0 Å². The zero-order chi connectivity index (χ0) is 16.9. The summed E-state index contributed by atoms with van der Waals surface area (Å²) >= 11 is 0. The minimum Gasteiger partial charge on any atom is -0.317 e. The molecule has 2 aromatic carbocycles. The molecule has 0 unspecified atom stereocenters. The molecule has 0 aliphatic rings. The third kappa shape index (κ3) is 4.36. The molecule has 2 rings (SSSR count). The van der Waals surface area contributed by atoms with Crippen molar-refractivity contribution < 1.29 is 14.4 Å². The lowest BCUT2D eigenvalue weighted by Gasteiger charge is -2.13. The molecule has 2 aromatic rings. The quantitative estimate of drug-likeness (QED) is 0.373. The standard InChI is InChI=1S/C19H19NO3/c1-19(2,3)18(22)23-20-16(14-10-6-4-7-11-14)17(21)15-12-8-5-9-13-15/h4-13H,1-3H3/b20-16+. The molecule has 0 atom stereocenters. The van der Waals surface area contributed by atoms with Gasteiger partial charge in [0.1, 0.15) is 0 Å². The second kappa shape index (κ2) is 7.01. The van der Waals surface area contributed by atoms with Crippen LogP contribution >= 0.6 is 0 Å². The molecule has 0 bridgehead atoms. The molecular weight excluding hydrogens is 290 g/mol. The van der Waals surface area contributed by atoms with E-state index in [1.807, 2.05) is 12.1 Å². The van der Waals surface area contributed by atoms with Crippen LogP contribution in [0.4, 0.5) is 0 Å². The molecular formula is C19H19NO3. The van der Waals surface area contributed by atoms with E-state index in [0.29, 0.717) is 11.1 Å². The third-order valence-electron chi connectivity index (χ3n) is 3.13. The molecule has 0 spiro atoms. The Kier molecular flexibility index (Phi) is 5.06. The number of ketones is 1. The summed E-state index contributed by atoms with van der Waals surface area (Å²) in [5, 5.41) is 3.85. The first kappa shape index (κ1) is 16.6. The second-order valence-corrected chi connectivity index (χ2v) is 6.13. The van der Waals surface area contributed by atoms with E-state index in [1.165, 1.54) is 0 Å². The second-order valence-electron chi connectivity index (χ2n) is 6.13. The Balaban J connectivity index is 2.37. The van der Waals surface area contributed by atoms with E-state index < -0.39 is 11.4 Å². The maximum absolute atomic E-state index is 12.7. The van der Waals surface area contributed by atoms with Gasteiger partial charge in [0.25, 0.3) is 0 Å². The first-order chi connectivity index (χ1) is 10.9. The van der Waals surface area contributed by atoms with Crippen molar-refractivity contribution >= 4 is 17.5 Å². The van der Waals surface area contributed by atoms with Gasteiger partial charge in [0.05, 0.1) is 5.41 Å². The lowest BCUT2D eigenvalue weighted by atomic mass is 9.98. The van der Waals surface area contributed by atoms with Crippen LogP contribution in [0.3, 0.4) is 0 Å². The summed E-state index contributed by atoms with van der Waals surface area (Å²) in [7, 11) is 0. The predicted molar refractivity (Wildman–Crippen MR) is 89.3 cm³/mol. The maximum Gasteiger partial charge on any atom is 0.340 e. The number of nitrogens with zero attached hydrogens (tertiary/aromatic N) is 1. The van der Waals surface area contributed by atoms with Gasteiger partial charge in [-0.2, -0.15) is 0 Å². The number of carbonyl (C=O) groups is 2. The Morgan fingerprint density at radius 3 is 1.78 bits per heavy atom. The van der Waals surface area contributed by atoms with Gasteiger partial charge in [-0.05, 0) is 20.8 Å². The fourth-order valence-electron chi connectivity index (χ4n) is 1.77. The molecule has 0 radical (unpaired) electrons. The number of Topliss-reactive ketones (excluding diaryl/α,β-unsaturated/α-hetero) is 1. The number of carbonyl (C=O) groups excluding carboxylic acids is 2. The first-order valence-electron chi connectivity index (χ1n) is 7.34. The minimum absolute atomic E-state index is 0.106. The van der Waals surface area contributed by atoms with Crippen LogP contribution in [0.1, 0.15) is 36.7 Å². The van der Waals surface area contributed by atoms with E-state index in [0.717, 1.165) is 0 Å². The van der Waals surface area contributed by atoms with E-state index in [1.54, 1.807) is 69.3 Å². The van der Waals surface area contributed by atoms with Crippen LogP contribution in [-0.2, 0) is 9.63 Å². The van der Waals surface area contributed by atoms with Crippen molar-refractivity contribution in [2.45, 2.75) is 20.8 Å². The van der Waals surface area contributed by atoms with Gasteiger partial charge in [-0.3, -0.25) is 4.79 Å². The summed E-state index contributed by atoms with van der Waals surface area (Å²) < 4.78 is 0. The molecule has 0 aliphatic heterocycles. The summed E-state index contributed by atoms with van der Waals surface area (Å²) in [5.74, 6) is -0.787. The van der Waals surface area contributed by atoms with Crippen LogP contribution < -0.4 is 0 Å². The lowest BCUT2D eigenvalue weighted by Crippen LogP contribution is -2.23. The average molecular weight is 309 g/mol. The fourth-order valence-corrected chi connectivity index (χ4v) is 1.77.